The zero-order valence-electron chi connectivity index (χ0n) is 10.9. The molecular weight excluding hydrogens is 264 g/mol. The number of aryl methyl sites for hydroxylation is 1. The van der Waals surface area contributed by atoms with Gasteiger partial charge in [0.1, 0.15) is 5.82 Å². The summed E-state index contributed by atoms with van der Waals surface area (Å²) in [4.78, 5) is 4.59. The fourth-order valence-corrected chi connectivity index (χ4v) is 2.65. The van der Waals surface area contributed by atoms with Crippen molar-refractivity contribution in [3.63, 3.8) is 0 Å². The van der Waals surface area contributed by atoms with Crippen LogP contribution in [0.5, 0.6) is 0 Å². The highest BCUT2D eigenvalue weighted by Gasteiger charge is 2.18. The zero-order chi connectivity index (χ0) is 13.2. The summed E-state index contributed by atoms with van der Waals surface area (Å²) in [7, 11) is 0. The minimum atomic E-state index is 0.0782. The Morgan fingerprint density at radius 2 is 2.32 bits per heavy atom. The Hall–Kier alpha value is -1.10. The van der Waals surface area contributed by atoms with Crippen molar-refractivity contribution in [2.24, 2.45) is 0 Å². The number of fused-ring (bicyclic) bond motifs is 1. The number of imidazole rings is 1. The van der Waals surface area contributed by atoms with Crippen LogP contribution in [0.2, 0.25) is 0 Å². The number of benzene rings is 1. The molecule has 0 bridgehead atoms. The fraction of sp³-hybridized carbons (Fsp3) is 0.500. The van der Waals surface area contributed by atoms with E-state index in [2.05, 4.69) is 34.7 Å². The van der Waals surface area contributed by atoms with E-state index in [0.29, 0.717) is 25.7 Å². The molecule has 0 N–H and O–H groups in total. The SMILES string of the molecule is Cc1ccc2c(c1)nc(CCl)n2CC1COCCO1. The normalized spacial score (nSPS) is 20.0. The topological polar surface area (TPSA) is 36.3 Å². The third-order valence-corrected chi connectivity index (χ3v) is 3.61. The molecule has 1 unspecified atom stereocenters. The van der Waals surface area contributed by atoms with Crippen LogP contribution >= 0.6 is 11.6 Å². The summed E-state index contributed by atoms with van der Waals surface area (Å²) in [5, 5.41) is 0. The van der Waals surface area contributed by atoms with Crippen LogP contribution in [0.4, 0.5) is 0 Å². The summed E-state index contributed by atoms with van der Waals surface area (Å²) in [5.41, 5.74) is 3.30. The Morgan fingerprint density at radius 1 is 1.42 bits per heavy atom. The molecule has 1 aliphatic rings. The third-order valence-electron chi connectivity index (χ3n) is 3.37. The van der Waals surface area contributed by atoms with E-state index in [1.54, 1.807) is 0 Å². The quantitative estimate of drug-likeness (QED) is 0.811. The second-order valence-corrected chi connectivity index (χ2v) is 5.10. The zero-order valence-corrected chi connectivity index (χ0v) is 11.7. The predicted molar refractivity (Wildman–Crippen MR) is 74.6 cm³/mol. The number of rotatable bonds is 3. The van der Waals surface area contributed by atoms with Crippen LogP contribution in [0.3, 0.4) is 0 Å². The molecule has 0 spiro atoms. The summed E-state index contributed by atoms with van der Waals surface area (Å²) in [6.45, 7) is 4.78. The molecule has 0 radical (unpaired) electrons. The molecule has 1 fully saturated rings. The summed E-state index contributed by atoms with van der Waals surface area (Å²) in [6, 6.07) is 6.27. The van der Waals surface area contributed by atoms with E-state index in [1.165, 1.54) is 5.56 Å². The summed E-state index contributed by atoms with van der Waals surface area (Å²) >= 11 is 6.01. The molecule has 2 aromatic rings. The molecule has 0 aliphatic carbocycles. The van der Waals surface area contributed by atoms with Gasteiger partial charge in [-0.2, -0.15) is 0 Å². The molecule has 0 amide bonds. The van der Waals surface area contributed by atoms with E-state index in [0.717, 1.165) is 23.4 Å². The molecule has 102 valence electrons. The van der Waals surface area contributed by atoms with Gasteiger partial charge in [0.05, 0.1) is 49.4 Å². The second-order valence-electron chi connectivity index (χ2n) is 4.83. The summed E-state index contributed by atoms with van der Waals surface area (Å²) < 4.78 is 13.3. The van der Waals surface area contributed by atoms with Crippen molar-refractivity contribution in [2.45, 2.75) is 25.5 Å². The maximum atomic E-state index is 6.01. The number of hydrogen-bond acceptors (Lipinski definition) is 3. The fourth-order valence-electron chi connectivity index (χ4n) is 2.44. The smallest absolute Gasteiger partial charge is 0.124 e. The van der Waals surface area contributed by atoms with E-state index in [4.69, 9.17) is 21.1 Å². The van der Waals surface area contributed by atoms with E-state index < -0.39 is 0 Å². The van der Waals surface area contributed by atoms with Gasteiger partial charge in [0.2, 0.25) is 0 Å². The van der Waals surface area contributed by atoms with Gasteiger partial charge in [-0.15, -0.1) is 11.6 Å². The lowest BCUT2D eigenvalue weighted by Gasteiger charge is -2.24. The van der Waals surface area contributed by atoms with Crippen molar-refractivity contribution in [3.8, 4) is 0 Å². The highest BCUT2D eigenvalue weighted by Crippen LogP contribution is 2.20. The van der Waals surface area contributed by atoms with E-state index in [1.807, 2.05) is 0 Å². The molecule has 1 saturated heterocycles. The van der Waals surface area contributed by atoms with E-state index in [9.17, 15) is 0 Å². The molecule has 1 aromatic heterocycles. The monoisotopic (exact) mass is 280 g/mol. The first kappa shape index (κ1) is 12.9. The van der Waals surface area contributed by atoms with Gasteiger partial charge >= 0.3 is 0 Å². The lowest BCUT2D eigenvalue weighted by atomic mass is 10.2. The van der Waals surface area contributed by atoms with Gasteiger partial charge in [-0.05, 0) is 24.6 Å². The van der Waals surface area contributed by atoms with Crippen molar-refractivity contribution < 1.29 is 9.47 Å². The van der Waals surface area contributed by atoms with Crippen LogP contribution in [0.1, 0.15) is 11.4 Å². The van der Waals surface area contributed by atoms with E-state index >= 15 is 0 Å². The molecule has 1 aromatic carbocycles. The molecular formula is C14H17ClN2O2. The van der Waals surface area contributed by atoms with Crippen LogP contribution < -0.4 is 0 Å². The molecule has 2 heterocycles. The average molecular weight is 281 g/mol. The second kappa shape index (κ2) is 5.49. The molecule has 1 atom stereocenters. The number of hydrogen-bond donors (Lipinski definition) is 0. The number of aromatic nitrogens is 2. The average Bonchev–Trinajstić information content (AvgIpc) is 2.77. The van der Waals surface area contributed by atoms with Crippen molar-refractivity contribution in [3.05, 3.63) is 29.6 Å². The first-order valence-corrected chi connectivity index (χ1v) is 7.02. The number of halogens is 1. The van der Waals surface area contributed by atoms with Crippen LogP contribution in [0.25, 0.3) is 11.0 Å². The van der Waals surface area contributed by atoms with Gasteiger partial charge < -0.3 is 14.0 Å². The lowest BCUT2D eigenvalue weighted by molar-refractivity contribution is -0.0934. The number of alkyl halides is 1. The molecule has 1 aliphatic heterocycles. The third kappa shape index (κ3) is 2.61. The minimum Gasteiger partial charge on any atom is -0.376 e. The van der Waals surface area contributed by atoms with Crippen molar-refractivity contribution in [1.29, 1.82) is 0 Å². The molecule has 4 nitrogen and oxygen atoms in total. The first-order chi connectivity index (χ1) is 9.28. The maximum absolute atomic E-state index is 6.01. The minimum absolute atomic E-state index is 0.0782. The van der Waals surface area contributed by atoms with Crippen molar-refractivity contribution in [1.82, 2.24) is 9.55 Å². The largest absolute Gasteiger partial charge is 0.376 e. The number of nitrogens with zero attached hydrogens (tertiary/aromatic N) is 2. The van der Waals surface area contributed by atoms with Crippen molar-refractivity contribution in [2.75, 3.05) is 19.8 Å². The molecule has 0 saturated carbocycles. The summed E-state index contributed by atoms with van der Waals surface area (Å²) in [6.07, 6.45) is 0.0782. The van der Waals surface area contributed by atoms with Gasteiger partial charge in [-0.3, -0.25) is 0 Å². The van der Waals surface area contributed by atoms with Gasteiger partial charge in [-0.25, -0.2) is 4.98 Å². The first-order valence-electron chi connectivity index (χ1n) is 6.49. The van der Waals surface area contributed by atoms with Crippen LogP contribution in [0.15, 0.2) is 18.2 Å². The highest BCUT2D eigenvalue weighted by molar-refractivity contribution is 6.16. The van der Waals surface area contributed by atoms with Crippen LogP contribution in [-0.4, -0.2) is 35.5 Å². The maximum Gasteiger partial charge on any atom is 0.124 e. The Bertz CT molecular complexity index is 576. The standard InChI is InChI=1S/C14H17ClN2O2/c1-10-2-3-13-12(6-10)16-14(7-15)17(13)8-11-9-18-4-5-19-11/h2-3,6,11H,4-5,7-9H2,1H3. The predicted octanol–water partition coefficient (Wildman–Crippen LogP) is 2.50. The van der Waals surface area contributed by atoms with E-state index in [-0.39, 0.29) is 6.10 Å². The number of ether oxygens (including phenoxy) is 2. The van der Waals surface area contributed by atoms with Gasteiger partial charge in [0.15, 0.2) is 0 Å². The molecule has 3 rings (SSSR count). The Labute approximate surface area is 117 Å². The molecule has 19 heavy (non-hydrogen) atoms. The Balaban J connectivity index is 1.95. The summed E-state index contributed by atoms with van der Waals surface area (Å²) in [5.74, 6) is 1.29. The van der Waals surface area contributed by atoms with Gasteiger partial charge in [0, 0.05) is 0 Å². The lowest BCUT2D eigenvalue weighted by Crippen LogP contribution is -2.32. The highest BCUT2D eigenvalue weighted by atomic mass is 35.5. The van der Waals surface area contributed by atoms with Gasteiger partial charge in [-0.1, -0.05) is 6.07 Å². The Morgan fingerprint density at radius 3 is 3.05 bits per heavy atom. The molecule has 5 heteroatoms. The van der Waals surface area contributed by atoms with Crippen LogP contribution in [0, 0.1) is 6.92 Å². The van der Waals surface area contributed by atoms with Crippen molar-refractivity contribution >= 4 is 22.6 Å². The van der Waals surface area contributed by atoms with Gasteiger partial charge in [0.25, 0.3) is 0 Å². The van der Waals surface area contributed by atoms with Crippen LogP contribution in [-0.2, 0) is 21.9 Å². The Kier molecular flexibility index (Phi) is 3.73.